The maximum atomic E-state index is 10.8. The quantitative estimate of drug-likeness (QED) is 0.381. The second kappa shape index (κ2) is 2.87. The van der Waals surface area contributed by atoms with Gasteiger partial charge in [0.05, 0.1) is 6.61 Å². The third kappa shape index (κ3) is 1.68. The van der Waals surface area contributed by atoms with Gasteiger partial charge in [-0.2, -0.15) is 0 Å². The molecule has 2 atom stereocenters. The molecule has 0 bridgehead atoms. The number of hydrogen-bond donors (Lipinski definition) is 2. The van der Waals surface area contributed by atoms with Gasteiger partial charge in [0.25, 0.3) is 0 Å². The van der Waals surface area contributed by atoms with Crippen molar-refractivity contribution in [3.05, 3.63) is 0 Å². The molecule has 3 N–H and O–H groups in total. The summed E-state index contributed by atoms with van der Waals surface area (Å²) >= 11 is 0. The molecule has 0 unspecified atom stereocenters. The molecular formula is C6H10N2O3. The molecule has 0 saturated carbocycles. The third-order valence-electron chi connectivity index (χ3n) is 1.43. The Bertz CT molecular complexity index is 192. The van der Waals surface area contributed by atoms with E-state index in [2.05, 4.69) is 10.1 Å². The Labute approximate surface area is 63.9 Å². The highest BCUT2D eigenvalue weighted by molar-refractivity contribution is 5.94. The molecule has 1 fully saturated rings. The molecule has 1 aliphatic heterocycles. The lowest BCUT2D eigenvalue weighted by atomic mass is 10.3. The molecule has 0 aliphatic carbocycles. The number of amides is 1. The molecule has 1 amide bonds. The van der Waals surface area contributed by atoms with Crippen molar-refractivity contribution in [3.63, 3.8) is 0 Å². The molecule has 0 radical (unpaired) electrons. The average Bonchev–Trinajstić information content (AvgIpc) is 2.65. The van der Waals surface area contributed by atoms with Crippen molar-refractivity contribution in [1.82, 2.24) is 5.32 Å². The molecule has 0 spiro atoms. The summed E-state index contributed by atoms with van der Waals surface area (Å²) in [6, 6.07) is -1.03. The molecule has 5 nitrogen and oxygen atoms in total. The maximum Gasteiger partial charge on any atom is 0.325 e. The zero-order valence-electron chi connectivity index (χ0n) is 6.16. The van der Waals surface area contributed by atoms with E-state index in [4.69, 9.17) is 5.73 Å². The van der Waals surface area contributed by atoms with Crippen molar-refractivity contribution in [3.8, 4) is 0 Å². The summed E-state index contributed by atoms with van der Waals surface area (Å²) in [7, 11) is 0. The third-order valence-corrected chi connectivity index (χ3v) is 1.43. The first-order chi connectivity index (χ1) is 5.16. The first kappa shape index (κ1) is 8.00. The van der Waals surface area contributed by atoms with Gasteiger partial charge in [-0.05, 0) is 6.92 Å². The van der Waals surface area contributed by atoms with E-state index in [1.165, 1.54) is 0 Å². The number of nitrogens with two attached hydrogens (primary N) is 1. The van der Waals surface area contributed by atoms with Crippen LogP contribution in [0.3, 0.4) is 0 Å². The maximum absolute atomic E-state index is 10.8. The van der Waals surface area contributed by atoms with Gasteiger partial charge in [0, 0.05) is 0 Å². The van der Waals surface area contributed by atoms with Gasteiger partial charge >= 0.3 is 5.97 Å². The Kier molecular flexibility index (Phi) is 2.09. The van der Waals surface area contributed by atoms with Crippen LogP contribution in [0.2, 0.25) is 0 Å². The van der Waals surface area contributed by atoms with Crippen molar-refractivity contribution in [2.75, 3.05) is 6.61 Å². The van der Waals surface area contributed by atoms with E-state index in [1.807, 2.05) is 0 Å². The first-order valence-corrected chi connectivity index (χ1v) is 3.38. The van der Waals surface area contributed by atoms with Gasteiger partial charge in [0.1, 0.15) is 12.1 Å². The summed E-state index contributed by atoms with van der Waals surface area (Å²) in [6.45, 7) is 2.03. The molecule has 5 heteroatoms. The van der Waals surface area contributed by atoms with E-state index in [9.17, 15) is 9.59 Å². The minimum atomic E-state index is -0.519. The largest absolute Gasteiger partial charge is 0.465 e. The van der Waals surface area contributed by atoms with Gasteiger partial charge in [0.15, 0.2) is 0 Å². The Morgan fingerprint density at radius 3 is 2.55 bits per heavy atom. The molecular weight excluding hydrogens is 148 g/mol. The van der Waals surface area contributed by atoms with Crippen LogP contribution < -0.4 is 11.1 Å². The number of hydrogen-bond acceptors (Lipinski definition) is 4. The molecule has 1 heterocycles. The fraction of sp³-hybridized carbons (Fsp3) is 0.667. The Morgan fingerprint density at radius 1 is 1.55 bits per heavy atom. The normalized spacial score (nSPS) is 27.7. The van der Waals surface area contributed by atoms with Crippen molar-refractivity contribution in [2.24, 2.45) is 5.73 Å². The number of carbonyl (C=O) groups is 2. The van der Waals surface area contributed by atoms with E-state index in [0.717, 1.165) is 0 Å². The average molecular weight is 158 g/mol. The summed E-state index contributed by atoms with van der Waals surface area (Å²) in [4.78, 5) is 21.3. The van der Waals surface area contributed by atoms with E-state index >= 15 is 0 Å². The molecule has 0 aromatic rings. The highest BCUT2D eigenvalue weighted by atomic mass is 16.5. The summed E-state index contributed by atoms with van der Waals surface area (Å²) in [5, 5.41) is 2.60. The predicted molar refractivity (Wildman–Crippen MR) is 36.5 cm³/mol. The molecule has 0 aromatic carbocycles. The number of carbonyl (C=O) groups excluding carboxylic acids is 2. The van der Waals surface area contributed by atoms with Gasteiger partial charge in [-0.15, -0.1) is 0 Å². The van der Waals surface area contributed by atoms with Crippen LogP contribution in [-0.4, -0.2) is 30.6 Å². The highest BCUT2D eigenvalue weighted by Gasteiger charge is 2.47. The van der Waals surface area contributed by atoms with E-state index in [1.54, 1.807) is 6.92 Å². The van der Waals surface area contributed by atoms with Crippen LogP contribution in [-0.2, 0) is 14.3 Å². The summed E-state index contributed by atoms with van der Waals surface area (Å²) in [6.07, 6.45) is 0. The minimum absolute atomic E-state index is 0.322. The summed E-state index contributed by atoms with van der Waals surface area (Å²) in [5.41, 5.74) is 4.91. The fourth-order valence-electron chi connectivity index (χ4n) is 0.820. The SMILES string of the molecule is CCOC(=O)[C@H]1N[C@@H]1C(N)=O. The minimum Gasteiger partial charge on any atom is -0.465 e. The van der Waals surface area contributed by atoms with Crippen molar-refractivity contribution in [1.29, 1.82) is 0 Å². The van der Waals surface area contributed by atoms with E-state index in [0.29, 0.717) is 6.61 Å². The number of rotatable bonds is 3. The van der Waals surface area contributed by atoms with Crippen LogP contribution in [0.15, 0.2) is 0 Å². The van der Waals surface area contributed by atoms with Crippen LogP contribution >= 0.6 is 0 Å². The van der Waals surface area contributed by atoms with Gasteiger partial charge in [-0.3, -0.25) is 14.9 Å². The van der Waals surface area contributed by atoms with Gasteiger partial charge < -0.3 is 10.5 Å². The Hall–Kier alpha value is -1.10. The smallest absolute Gasteiger partial charge is 0.325 e. The number of ether oxygens (including phenoxy) is 1. The molecule has 11 heavy (non-hydrogen) atoms. The zero-order valence-corrected chi connectivity index (χ0v) is 6.16. The number of primary amides is 1. The van der Waals surface area contributed by atoms with Crippen molar-refractivity contribution < 1.29 is 14.3 Å². The molecule has 62 valence electrons. The molecule has 0 aromatic heterocycles. The summed E-state index contributed by atoms with van der Waals surface area (Å²) < 4.78 is 4.64. The standard InChI is InChI=1S/C6H10N2O3/c1-2-11-6(10)4-3(8-4)5(7)9/h3-4,8H,2H2,1H3,(H2,7,9)/t3-,4-/m0/s1. The topological polar surface area (TPSA) is 91.3 Å². The number of esters is 1. The van der Waals surface area contributed by atoms with Crippen LogP contribution in [0.1, 0.15) is 6.92 Å². The van der Waals surface area contributed by atoms with Gasteiger partial charge in [0.2, 0.25) is 5.91 Å². The first-order valence-electron chi connectivity index (χ1n) is 3.38. The van der Waals surface area contributed by atoms with Crippen LogP contribution in [0.4, 0.5) is 0 Å². The lowest BCUT2D eigenvalue weighted by molar-refractivity contribution is -0.143. The predicted octanol–water partition coefficient (Wildman–Crippen LogP) is -1.62. The summed E-state index contributed by atoms with van der Waals surface area (Å²) in [5.74, 6) is -0.917. The van der Waals surface area contributed by atoms with Crippen molar-refractivity contribution in [2.45, 2.75) is 19.0 Å². The second-order valence-electron chi connectivity index (χ2n) is 2.28. The van der Waals surface area contributed by atoms with Crippen LogP contribution in [0.5, 0.6) is 0 Å². The molecule has 1 aliphatic rings. The van der Waals surface area contributed by atoms with Gasteiger partial charge in [-0.1, -0.05) is 0 Å². The molecule has 1 saturated heterocycles. The lowest BCUT2D eigenvalue weighted by Gasteiger charge is -1.96. The fourth-order valence-corrected chi connectivity index (χ4v) is 0.820. The van der Waals surface area contributed by atoms with Crippen LogP contribution in [0, 0.1) is 0 Å². The number of nitrogens with one attached hydrogen (secondary N) is 1. The zero-order chi connectivity index (χ0) is 8.43. The van der Waals surface area contributed by atoms with Crippen LogP contribution in [0.25, 0.3) is 0 Å². The lowest BCUT2D eigenvalue weighted by Crippen LogP contribution is -2.24. The van der Waals surface area contributed by atoms with Crippen molar-refractivity contribution >= 4 is 11.9 Å². The van der Waals surface area contributed by atoms with E-state index in [-0.39, 0.29) is 0 Å². The molecule has 1 rings (SSSR count). The highest BCUT2D eigenvalue weighted by Crippen LogP contribution is 2.11. The van der Waals surface area contributed by atoms with Gasteiger partial charge in [-0.25, -0.2) is 0 Å². The van der Waals surface area contributed by atoms with E-state index < -0.39 is 24.0 Å². The second-order valence-corrected chi connectivity index (χ2v) is 2.28. The Balaban J connectivity index is 2.32. The monoisotopic (exact) mass is 158 g/mol. The Morgan fingerprint density at radius 2 is 2.18 bits per heavy atom.